The Balaban J connectivity index is 1.31. The van der Waals surface area contributed by atoms with Crippen molar-refractivity contribution >= 4 is 9.84 Å². The van der Waals surface area contributed by atoms with Crippen molar-refractivity contribution in [3.8, 4) is 44.8 Å². The molecule has 2 heterocycles. The highest BCUT2D eigenvalue weighted by molar-refractivity contribution is 7.91. The molecule has 0 aliphatic rings. The van der Waals surface area contributed by atoms with Gasteiger partial charge in [-0.05, 0) is 49.2 Å². The highest BCUT2D eigenvalue weighted by atomic mass is 32.2. The standard InChI is InChI=1S/C32H24N2O4S/c1-21-29(31(33-37-21)25-9-5-3-6-10-25)23-13-17-27(18-14-23)39(35,36)28-19-15-24(16-20-28)30-22(2)38-34-32(30)26-11-7-4-8-12-26/h3-20H,1-2H3. The molecule has 192 valence electrons. The molecule has 0 fully saturated rings. The lowest BCUT2D eigenvalue weighted by Gasteiger charge is -2.09. The number of benzene rings is 4. The number of hydrogen-bond donors (Lipinski definition) is 0. The number of aryl methyl sites for hydroxylation is 2. The van der Waals surface area contributed by atoms with Gasteiger partial charge in [-0.3, -0.25) is 0 Å². The summed E-state index contributed by atoms with van der Waals surface area (Å²) in [6.45, 7) is 3.70. The molecule has 4 aromatic carbocycles. The molecule has 6 aromatic rings. The van der Waals surface area contributed by atoms with Gasteiger partial charge in [-0.1, -0.05) is 95.2 Å². The second-order valence-electron chi connectivity index (χ2n) is 9.21. The number of rotatable bonds is 6. The lowest BCUT2D eigenvalue weighted by Crippen LogP contribution is -2.02. The predicted octanol–water partition coefficient (Wildman–Crippen LogP) is 7.78. The van der Waals surface area contributed by atoms with Gasteiger partial charge in [0.25, 0.3) is 0 Å². The van der Waals surface area contributed by atoms with Crippen LogP contribution in [0.4, 0.5) is 0 Å². The Morgan fingerprint density at radius 3 is 1.21 bits per heavy atom. The minimum absolute atomic E-state index is 0.209. The Labute approximate surface area is 226 Å². The van der Waals surface area contributed by atoms with E-state index in [-0.39, 0.29) is 9.79 Å². The van der Waals surface area contributed by atoms with Crippen LogP contribution in [0.3, 0.4) is 0 Å². The van der Waals surface area contributed by atoms with E-state index in [1.54, 1.807) is 48.5 Å². The number of hydrogen-bond acceptors (Lipinski definition) is 6. The minimum atomic E-state index is -3.73. The second-order valence-corrected chi connectivity index (χ2v) is 11.2. The summed E-state index contributed by atoms with van der Waals surface area (Å²) in [7, 11) is -3.73. The zero-order valence-electron chi connectivity index (χ0n) is 21.3. The van der Waals surface area contributed by atoms with Crippen molar-refractivity contribution < 1.29 is 17.5 Å². The summed E-state index contributed by atoms with van der Waals surface area (Å²) in [6, 6.07) is 33.2. The average Bonchev–Trinajstić information content (AvgIpc) is 3.56. The van der Waals surface area contributed by atoms with Crippen LogP contribution >= 0.6 is 0 Å². The van der Waals surface area contributed by atoms with Gasteiger partial charge in [-0.2, -0.15) is 0 Å². The second kappa shape index (κ2) is 9.85. The van der Waals surface area contributed by atoms with Gasteiger partial charge in [0.1, 0.15) is 22.9 Å². The van der Waals surface area contributed by atoms with Crippen LogP contribution in [-0.4, -0.2) is 18.7 Å². The molecule has 0 amide bonds. The summed E-state index contributed by atoms with van der Waals surface area (Å²) >= 11 is 0. The van der Waals surface area contributed by atoms with Gasteiger partial charge in [-0.25, -0.2) is 8.42 Å². The van der Waals surface area contributed by atoms with Crippen LogP contribution in [0.15, 0.2) is 128 Å². The zero-order valence-corrected chi connectivity index (χ0v) is 22.1. The summed E-state index contributed by atoms with van der Waals surface area (Å²) in [5.41, 5.74) is 6.65. The maximum Gasteiger partial charge on any atom is 0.206 e. The zero-order chi connectivity index (χ0) is 27.0. The molecule has 2 aromatic heterocycles. The molecular weight excluding hydrogens is 508 g/mol. The summed E-state index contributed by atoms with van der Waals surface area (Å²) in [4.78, 5) is 0.418. The van der Waals surface area contributed by atoms with E-state index >= 15 is 0 Å². The fraction of sp³-hybridized carbons (Fsp3) is 0.0625. The van der Waals surface area contributed by atoms with Crippen LogP contribution in [-0.2, 0) is 9.84 Å². The third kappa shape index (κ3) is 4.47. The molecule has 0 bridgehead atoms. The molecule has 0 saturated carbocycles. The Hall–Kier alpha value is -4.75. The first-order chi connectivity index (χ1) is 18.9. The maximum atomic E-state index is 13.5. The Bertz CT molecular complexity index is 1720. The van der Waals surface area contributed by atoms with Crippen LogP contribution in [0.25, 0.3) is 44.8 Å². The first-order valence-corrected chi connectivity index (χ1v) is 13.9. The summed E-state index contributed by atoms with van der Waals surface area (Å²) < 4.78 is 37.9. The molecule has 0 N–H and O–H groups in total. The van der Waals surface area contributed by atoms with Gasteiger partial charge in [-0.15, -0.1) is 0 Å². The molecule has 0 unspecified atom stereocenters. The lowest BCUT2D eigenvalue weighted by atomic mass is 10.00. The van der Waals surface area contributed by atoms with Crippen LogP contribution in [0.2, 0.25) is 0 Å². The largest absolute Gasteiger partial charge is 0.360 e. The first-order valence-electron chi connectivity index (χ1n) is 12.4. The van der Waals surface area contributed by atoms with Crippen molar-refractivity contribution in [1.29, 1.82) is 0 Å². The van der Waals surface area contributed by atoms with Crippen molar-refractivity contribution in [3.05, 3.63) is 121 Å². The van der Waals surface area contributed by atoms with E-state index in [1.807, 2.05) is 74.5 Å². The SMILES string of the molecule is Cc1onc(-c2ccccc2)c1-c1ccc(S(=O)(=O)c2ccc(-c3c(-c4ccccc4)noc3C)cc2)cc1. The Morgan fingerprint density at radius 1 is 0.487 bits per heavy atom. The molecule has 0 saturated heterocycles. The van der Waals surface area contributed by atoms with Crippen LogP contribution in [0.1, 0.15) is 11.5 Å². The van der Waals surface area contributed by atoms with Crippen molar-refractivity contribution in [2.24, 2.45) is 0 Å². The molecular formula is C32H24N2O4S. The van der Waals surface area contributed by atoms with E-state index < -0.39 is 9.84 Å². The topological polar surface area (TPSA) is 86.2 Å². The Morgan fingerprint density at radius 2 is 0.846 bits per heavy atom. The molecule has 0 aliphatic carbocycles. The van der Waals surface area contributed by atoms with Gasteiger partial charge in [0.2, 0.25) is 9.84 Å². The van der Waals surface area contributed by atoms with Crippen molar-refractivity contribution in [2.75, 3.05) is 0 Å². The van der Waals surface area contributed by atoms with Gasteiger partial charge in [0.05, 0.1) is 20.9 Å². The minimum Gasteiger partial charge on any atom is -0.360 e. The summed E-state index contributed by atoms with van der Waals surface area (Å²) in [5.74, 6) is 1.33. The normalized spacial score (nSPS) is 11.5. The highest BCUT2D eigenvalue weighted by Crippen LogP contribution is 2.37. The first kappa shape index (κ1) is 24.6. The van der Waals surface area contributed by atoms with E-state index in [4.69, 9.17) is 9.05 Å². The van der Waals surface area contributed by atoms with Crippen LogP contribution < -0.4 is 0 Å². The predicted molar refractivity (Wildman–Crippen MR) is 150 cm³/mol. The maximum absolute atomic E-state index is 13.5. The average molecular weight is 533 g/mol. The van der Waals surface area contributed by atoms with E-state index in [9.17, 15) is 8.42 Å². The molecule has 0 spiro atoms. The molecule has 0 radical (unpaired) electrons. The fourth-order valence-corrected chi connectivity index (χ4v) is 6.01. The smallest absolute Gasteiger partial charge is 0.206 e. The quantitative estimate of drug-likeness (QED) is 0.218. The van der Waals surface area contributed by atoms with Crippen LogP contribution in [0.5, 0.6) is 0 Å². The lowest BCUT2D eigenvalue weighted by molar-refractivity contribution is 0.400. The molecule has 7 heteroatoms. The van der Waals surface area contributed by atoms with E-state index in [0.29, 0.717) is 11.5 Å². The van der Waals surface area contributed by atoms with E-state index in [1.165, 1.54) is 0 Å². The van der Waals surface area contributed by atoms with Gasteiger partial charge in [0, 0.05) is 11.1 Å². The van der Waals surface area contributed by atoms with Crippen molar-refractivity contribution in [1.82, 2.24) is 10.3 Å². The number of aromatic nitrogens is 2. The molecule has 0 aliphatic heterocycles. The monoisotopic (exact) mass is 532 g/mol. The van der Waals surface area contributed by atoms with Gasteiger partial charge < -0.3 is 9.05 Å². The Kier molecular flexibility index (Phi) is 6.21. The summed E-state index contributed by atoms with van der Waals surface area (Å²) in [5, 5.41) is 8.48. The highest BCUT2D eigenvalue weighted by Gasteiger charge is 2.22. The fourth-order valence-electron chi connectivity index (χ4n) is 4.75. The molecule has 0 atom stereocenters. The molecule has 39 heavy (non-hydrogen) atoms. The molecule has 6 nitrogen and oxygen atoms in total. The van der Waals surface area contributed by atoms with E-state index in [0.717, 1.165) is 44.8 Å². The molecule has 6 rings (SSSR count). The number of nitrogens with zero attached hydrogens (tertiary/aromatic N) is 2. The third-order valence-electron chi connectivity index (χ3n) is 6.73. The van der Waals surface area contributed by atoms with Gasteiger partial charge in [0.15, 0.2) is 0 Å². The summed E-state index contributed by atoms with van der Waals surface area (Å²) in [6.07, 6.45) is 0. The van der Waals surface area contributed by atoms with E-state index in [2.05, 4.69) is 10.3 Å². The van der Waals surface area contributed by atoms with Gasteiger partial charge >= 0.3 is 0 Å². The van der Waals surface area contributed by atoms with Crippen molar-refractivity contribution in [2.45, 2.75) is 23.6 Å². The van der Waals surface area contributed by atoms with Crippen molar-refractivity contribution in [3.63, 3.8) is 0 Å². The third-order valence-corrected chi connectivity index (χ3v) is 8.51. The number of sulfone groups is 1. The van der Waals surface area contributed by atoms with Crippen LogP contribution in [0, 0.1) is 13.8 Å².